The molecule has 0 atom stereocenters. The zero-order chi connectivity index (χ0) is 25.7. The van der Waals surface area contributed by atoms with Crippen LogP contribution in [-0.4, -0.2) is 50.5 Å². The van der Waals surface area contributed by atoms with Crippen LogP contribution in [0.4, 0.5) is 17.5 Å². The molecule has 2 N–H and O–H groups in total. The van der Waals surface area contributed by atoms with Crippen molar-refractivity contribution in [3.8, 4) is 0 Å². The quantitative estimate of drug-likeness (QED) is 0.309. The molecule has 1 heterocycles. The third-order valence-corrected chi connectivity index (χ3v) is 7.95. The van der Waals surface area contributed by atoms with Crippen LogP contribution < -0.4 is 14.9 Å². The fourth-order valence-corrected chi connectivity index (χ4v) is 5.91. The first-order chi connectivity index (χ1) is 17.2. The maximum absolute atomic E-state index is 12.5. The second-order valence-electron chi connectivity index (χ2n) is 9.54. The molecule has 2 aromatic carbocycles. The van der Waals surface area contributed by atoms with E-state index in [-0.39, 0.29) is 17.2 Å². The lowest BCUT2D eigenvalue weighted by Crippen LogP contribution is -2.33. The average molecular weight is 513 g/mol. The van der Waals surface area contributed by atoms with Crippen LogP contribution in [0.3, 0.4) is 0 Å². The van der Waals surface area contributed by atoms with Gasteiger partial charge in [-0.15, -0.1) is 0 Å². The van der Waals surface area contributed by atoms with Crippen LogP contribution in [0.25, 0.3) is 10.9 Å². The molecule has 1 aliphatic rings. The topological polar surface area (TPSA) is 130 Å². The molecule has 1 saturated carbocycles. The van der Waals surface area contributed by atoms with Crippen molar-refractivity contribution in [2.24, 2.45) is 11.8 Å². The third kappa shape index (κ3) is 6.46. The van der Waals surface area contributed by atoms with Crippen LogP contribution in [0.2, 0.25) is 0 Å². The molecular formula is C25H32N6O4S. The summed E-state index contributed by atoms with van der Waals surface area (Å²) >= 11 is 0. The Morgan fingerprint density at radius 2 is 1.61 bits per heavy atom. The van der Waals surface area contributed by atoms with Crippen molar-refractivity contribution in [2.45, 2.75) is 31.4 Å². The van der Waals surface area contributed by atoms with Gasteiger partial charge in [-0.25, -0.2) is 18.1 Å². The molecule has 4 rings (SSSR count). The highest BCUT2D eigenvalue weighted by atomic mass is 32.2. The fraction of sp³-hybridized carbons (Fsp3) is 0.440. The van der Waals surface area contributed by atoms with E-state index in [1.165, 1.54) is 18.2 Å². The number of nitrogens with zero attached hydrogens (tertiary/aromatic N) is 4. The van der Waals surface area contributed by atoms with E-state index in [0.29, 0.717) is 18.4 Å². The first-order valence-electron chi connectivity index (χ1n) is 12.1. The number of nitro benzene ring substituents is 1. The van der Waals surface area contributed by atoms with E-state index in [1.54, 1.807) is 6.07 Å². The molecule has 11 heteroatoms. The molecule has 0 aliphatic heterocycles. The van der Waals surface area contributed by atoms with Gasteiger partial charge in [0.2, 0.25) is 16.0 Å². The first-order valence-corrected chi connectivity index (χ1v) is 13.7. The molecule has 0 amide bonds. The van der Waals surface area contributed by atoms with Crippen LogP contribution in [0.15, 0.2) is 48.5 Å². The number of hydrogen-bond acceptors (Lipinski definition) is 8. The monoisotopic (exact) mass is 512 g/mol. The lowest BCUT2D eigenvalue weighted by molar-refractivity contribution is -0.385. The van der Waals surface area contributed by atoms with Gasteiger partial charge >= 0.3 is 0 Å². The molecule has 36 heavy (non-hydrogen) atoms. The number of aromatic nitrogens is 2. The molecule has 0 bridgehead atoms. The number of nitrogens with one attached hydrogen (secondary N) is 2. The predicted molar refractivity (Wildman–Crippen MR) is 142 cm³/mol. The van der Waals surface area contributed by atoms with Gasteiger partial charge in [-0.05, 0) is 49.7 Å². The second kappa shape index (κ2) is 11.2. The minimum Gasteiger partial charge on any atom is -0.362 e. The van der Waals surface area contributed by atoms with E-state index < -0.39 is 20.7 Å². The number of hydrogen-bond donors (Lipinski definition) is 2. The highest BCUT2D eigenvalue weighted by molar-refractivity contribution is 7.88. The smallest absolute Gasteiger partial charge is 0.273 e. The molecular weight excluding hydrogens is 480 g/mol. The van der Waals surface area contributed by atoms with Crippen molar-refractivity contribution in [3.63, 3.8) is 0 Å². The Morgan fingerprint density at radius 3 is 2.31 bits per heavy atom. The Morgan fingerprint density at radius 1 is 0.972 bits per heavy atom. The first kappa shape index (κ1) is 25.8. The molecule has 0 spiro atoms. The molecule has 3 aromatic rings. The molecule has 1 aromatic heterocycles. The number of anilines is 2. The maximum atomic E-state index is 12.5. The third-order valence-electron chi connectivity index (χ3n) is 6.65. The van der Waals surface area contributed by atoms with E-state index in [0.717, 1.165) is 48.9 Å². The summed E-state index contributed by atoms with van der Waals surface area (Å²) in [7, 11) is 0.269. The Hall–Kier alpha value is -3.31. The number of nitro groups is 1. The van der Waals surface area contributed by atoms with Gasteiger partial charge in [-0.2, -0.15) is 4.98 Å². The second-order valence-corrected chi connectivity index (χ2v) is 11.4. The number of sulfonamides is 1. The average Bonchev–Trinajstić information content (AvgIpc) is 2.86. The summed E-state index contributed by atoms with van der Waals surface area (Å²) in [6, 6.07) is 13.9. The van der Waals surface area contributed by atoms with Gasteiger partial charge < -0.3 is 10.2 Å². The molecule has 0 radical (unpaired) electrons. The van der Waals surface area contributed by atoms with Gasteiger partial charge in [0.25, 0.3) is 5.69 Å². The summed E-state index contributed by atoms with van der Waals surface area (Å²) in [5, 5.41) is 15.6. The van der Waals surface area contributed by atoms with Crippen molar-refractivity contribution in [3.05, 3.63) is 64.2 Å². The summed E-state index contributed by atoms with van der Waals surface area (Å²) in [5.41, 5.74) is 0.914. The van der Waals surface area contributed by atoms with E-state index in [2.05, 4.69) is 15.0 Å². The minimum absolute atomic E-state index is 0.177. The lowest BCUT2D eigenvalue weighted by atomic mass is 9.82. The Bertz CT molecular complexity index is 1320. The van der Waals surface area contributed by atoms with Gasteiger partial charge in [-0.3, -0.25) is 10.1 Å². The SMILES string of the molecule is CN(C)c1nc(NCC2CCC(CNS(=O)(=O)Cc3ccccc3[N+](=O)[O-])CC2)nc2ccccc12. The number of para-hydroxylation sites is 2. The minimum atomic E-state index is -3.67. The summed E-state index contributed by atoms with van der Waals surface area (Å²) in [6.45, 7) is 1.12. The van der Waals surface area contributed by atoms with Crippen molar-refractivity contribution >= 4 is 38.4 Å². The van der Waals surface area contributed by atoms with Crippen molar-refractivity contribution in [1.29, 1.82) is 0 Å². The maximum Gasteiger partial charge on any atom is 0.273 e. The highest BCUT2D eigenvalue weighted by Crippen LogP contribution is 2.30. The van der Waals surface area contributed by atoms with Crippen molar-refractivity contribution < 1.29 is 13.3 Å². The summed E-state index contributed by atoms with van der Waals surface area (Å²) in [6.07, 6.45) is 3.80. The van der Waals surface area contributed by atoms with Crippen LogP contribution in [0, 0.1) is 22.0 Å². The highest BCUT2D eigenvalue weighted by Gasteiger charge is 2.24. The molecule has 1 fully saturated rings. The molecule has 0 saturated heterocycles. The van der Waals surface area contributed by atoms with E-state index >= 15 is 0 Å². The van der Waals surface area contributed by atoms with E-state index in [9.17, 15) is 18.5 Å². The number of benzene rings is 2. The fourth-order valence-electron chi connectivity index (χ4n) is 4.67. The van der Waals surface area contributed by atoms with Gasteiger partial charge in [0.15, 0.2) is 0 Å². The zero-order valence-corrected chi connectivity index (χ0v) is 21.4. The predicted octanol–water partition coefficient (Wildman–Crippen LogP) is 3.94. The normalized spacial score (nSPS) is 18.2. The van der Waals surface area contributed by atoms with E-state index in [1.807, 2.05) is 43.3 Å². The Kier molecular flexibility index (Phi) is 8.00. The van der Waals surface area contributed by atoms with Crippen molar-refractivity contribution in [2.75, 3.05) is 37.4 Å². The van der Waals surface area contributed by atoms with E-state index in [4.69, 9.17) is 4.98 Å². The Labute approximate surface area is 211 Å². The molecule has 10 nitrogen and oxygen atoms in total. The van der Waals surface area contributed by atoms with Gasteiger partial charge in [0, 0.05) is 44.2 Å². The number of rotatable bonds is 10. The van der Waals surface area contributed by atoms with Crippen LogP contribution in [0.5, 0.6) is 0 Å². The van der Waals surface area contributed by atoms with Crippen molar-refractivity contribution in [1.82, 2.24) is 14.7 Å². The summed E-state index contributed by atoms with van der Waals surface area (Å²) in [5.74, 6) is 1.80. The molecule has 192 valence electrons. The zero-order valence-electron chi connectivity index (χ0n) is 20.6. The van der Waals surface area contributed by atoms with Crippen LogP contribution in [-0.2, 0) is 15.8 Å². The Balaban J connectivity index is 1.26. The van der Waals surface area contributed by atoms with Gasteiger partial charge in [0.05, 0.1) is 16.2 Å². The number of fused-ring (bicyclic) bond motifs is 1. The summed E-state index contributed by atoms with van der Waals surface area (Å²) < 4.78 is 27.8. The van der Waals surface area contributed by atoms with Crippen LogP contribution in [0.1, 0.15) is 31.2 Å². The largest absolute Gasteiger partial charge is 0.362 e. The molecule has 0 unspecified atom stereocenters. The molecule has 1 aliphatic carbocycles. The van der Waals surface area contributed by atoms with Gasteiger partial charge in [0.1, 0.15) is 5.82 Å². The standard InChI is InChI=1S/C25H32N6O4S/c1-30(2)24-21-8-4-5-9-22(21)28-25(29-24)26-15-18-11-13-19(14-12-18)16-27-36(34,35)17-20-7-3-6-10-23(20)31(32)33/h3-10,18-19,27H,11-17H2,1-2H3,(H,26,28,29). The lowest BCUT2D eigenvalue weighted by Gasteiger charge is -2.28. The van der Waals surface area contributed by atoms with Crippen LogP contribution >= 0.6 is 0 Å². The van der Waals surface area contributed by atoms with Gasteiger partial charge in [-0.1, -0.05) is 30.3 Å². The summed E-state index contributed by atoms with van der Waals surface area (Å²) in [4.78, 5) is 21.9.